The summed E-state index contributed by atoms with van der Waals surface area (Å²) in [5, 5.41) is 6.50. The zero-order chi connectivity index (χ0) is 18.3. The van der Waals surface area contributed by atoms with Crippen LogP contribution in [0.5, 0.6) is 0 Å². The van der Waals surface area contributed by atoms with Gasteiger partial charge in [-0.25, -0.2) is 13.1 Å². The van der Waals surface area contributed by atoms with E-state index in [1.807, 2.05) is 0 Å². The van der Waals surface area contributed by atoms with Crippen molar-refractivity contribution in [1.82, 2.24) is 15.4 Å². The first-order chi connectivity index (χ1) is 11.9. The second kappa shape index (κ2) is 9.52. The van der Waals surface area contributed by atoms with Crippen molar-refractivity contribution >= 4 is 27.5 Å². The maximum absolute atomic E-state index is 12.1. The molecule has 0 spiro atoms. The van der Waals surface area contributed by atoms with Gasteiger partial charge in [0.15, 0.2) is 0 Å². The topological polar surface area (TPSA) is 87.3 Å². The van der Waals surface area contributed by atoms with Crippen LogP contribution in [-0.4, -0.2) is 40.5 Å². The molecule has 1 aliphatic rings. The van der Waals surface area contributed by atoms with E-state index in [4.69, 9.17) is 11.6 Å². The highest BCUT2D eigenvalue weighted by Gasteiger charge is 2.22. The van der Waals surface area contributed by atoms with Crippen molar-refractivity contribution in [3.63, 3.8) is 0 Å². The summed E-state index contributed by atoms with van der Waals surface area (Å²) >= 11 is 5.81. The Morgan fingerprint density at radius 3 is 2.88 bits per heavy atom. The smallest absolute Gasteiger partial charge is 0.240 e. The first-order valence-electron chi connectivity index (χ1n) is 8.61. The quantitative estimate of drug-likeness (QED) is 0.593. The Morgan fingerprint density at radius 2 is 2.20 bits per heavy atom. The van der Waals surface area contributed by atoms with Crippen LogP contribution < -0.4 is 15.4 Å². The van der Waals surface area contributed by atoms with Crippen molar-refractivity contribution in [3.8, 4) is 0 Å². The summed E-state index contributed by atoms with van der Waals surface area (Å²) in [4.78, 5) is 12.1. The van der Waals surface area contributed by atoms with Crippen LogP contribution in [0.4, 0.5) is 0 Å². The van der Waals surface area contributed by atoms with E-state index < -0.39 is 10.0 Å². The number of amides is 1. The van der Waals surface area contributed by atoms with E-state index in [-0.39, 0.29) is 23.9 Å². The second-order valence-electron chi connectivity index (χ2n) is 6.49. The van der Waals surface area contributed by atoms with Gasteiger partial charge in [0.05, 0.1) is 4.90 Å². The van der Waals surface area contributed by atoms with Crippen LogP contribution in [-0.2, 0) is 14.8 Å². The molecule has 1 aromatic rings. The van der Waals surface area contributed by atoms with Crippen LogP contribution in [0.1, 0.15) is 26.2 Å². The number of halogens is 1. The summed E-state index contributed by atoms with van der Waals surface area (Å²) in [7, 11) is -3.61. The molecule has 2 rings (SSSR count). The fourth-order valence-electron chi connectivity index (χ4n) is 3.00. The van der Waals surface area contributed by atoms with Crippen molar-refractivity contribution in [2.24, 2.45) is 11.8 Å². The van der Waals surface area contributed by atoms with Crippen molar-refractivity contribution in [3.05, 3.63) is 29.3 Å². The molecule has 1 heterocycles. The van der Waals surface area contributed by atoms with Crippen LogP contribution >= 0.6 is 11.6 Å². The molecule has 0 aromatic heterocycles. The number of piperidine rings is 1. The van der Waals surface area contributed by atoms with Gasteiger partial charge in [-0.2, -0.15) is 0 Å². The minimum Gasteiger partial charge on any atom is -0.355 e. The average molecular weight is 388 g/mol. The Hall–Kier alpha value is -1.15. The molecule has 2 unspecified atom stereocenters. The van der Waals surface area contributed by atoms with Gasteiger partial charge in [-0.05, 0) is 56.0 Å². The van der Waals surface area contributed by atoms with Gasteiger partial charge in [-0.3, -0.25) is 4.79 Å². The Bertz CT molecular complexity index is 675. The van der Waals surface area contributed by atoms with Gasteiger partial charge in [-0.1, -0.05) is 24.6 Å². The zero-order valence-corrected chi connectivity index (χ0v) is 16.0. The third-order valence-electron chi connectivity index (χ3n) is 4.49. The standard InChI is InChI=1S/C17H26ClN3O3S/c1-13(14-4-3-7-19-12-14)10-17(22)20-8-9-21-25(23,24)16-6-2-5-15(18)11-16/h2,5-6,11,13-14,19,21H,3-4,7-10,12H2,1H3,(H,20,22). The lowest BCUT2D eigenvalue weighted by molar-refractivity contribution is -0.122. The summed E-state index contributed by atoms with van der Waals surface area (Å²) < 4.78 is 26.7. The fraction of sp³-hybridized carbons (Fsp3) is 0.588. The Kier molecular flexibility index (Phi) is 7.68. The molecule has 8 heteroatoms. The third kappa shape index (κ3) is 6.58. The number of hydrogen-bond donors (Lipinski definition) is 3. The first-order valence-corrected chi connectivity index (χ1v) is 10.5. The molecule has 0 radical (unpaired) electrons. The van der Waals surface area contributed by atoms with Crippen LogP contribution in [0.15, 0.2) is 29.2 Å². The number of benzene rings is 1. The molecule has 0 bridgehead atoms. The third-order valence-corrected chi connectivity index (χ3v) is 6.19. The van der Waals surface area contributed by atoms with E-state index in [9.17, 15) is 13.2 Å². The molecule has 1 fully saturated rings. The van der Waals surface area contributed by atoms with Gasteiger partial charge in [-0.15, -0.1) is 0 Å². The molecule has 2 atom stereocenters. The second-order valence-corrected chi connectivity index (χ2v) is 8.70. The summed E-state index contributed by atoms with van der Waals surface area (Å²) in [5.41, 5.74) is 0. The maximum atomic E-state index is 12.1. The normalized spacial score (nSPS) is 19.4. The number of hydrogen-bond acceptors (Lipinski definition) is 4. The van der Waals surface area contributed by atoms with E-state index in [0.29, 0.717) is 23.3 Å². The number of carbonyl (C=O) groups is 1. The Labute approximate surface area is 154 Å². The van der Waals surface area contributed by atoms with Gasteiger partial charge in [0.25, 0.3) is 0 Å². The summed E-state index contributed by atoms with van der Waals surface area (Å²) in [5.74, 6) is 0.803. The summed E-state index contributed by atoms with van der Waals surface area (Å²) in [6, 6.07) is 6.07. The first kappa shape index (κ1) is 20.2. The maximum Gasteiger partial charge on any atom is 0.240 e. The van der Waals surface area contributed by atoms with Crippen molar-refractivity contribution in [1.29, 1.82) is 0 Å². The largest absolute Gasteiger partial charge is 0.355 e. The van der Waals surface area contributed by atoms with Gasteiger partial charge < -0.3 is 10.6 Å². The average Bonchev–Trinajstić information content (AvgIpc) is 2.59. The fourth-order valence-corrected chi connectivity index (χ4v) is 4.33. The molecule has 1 saturated heterocycles. The number of carbonyl (C=O) groups excluding carboxylic acids is 1. The highest BCUT2D eigenvalue weighted by atomic mass is 35.5. The molecule has 3 N–H and O–H groups in total. The molecule has 1 aromatic carbocycles. The number of rotatable bonds is 8. The van der Waals surface area contributed by atoms with Crippen LogP contribution in [0.2, 0.25) is 5.02 Å². The summed E-state index contributed by atoms with van der Waals surface area (Å²) in [6.45, 7) is 4.52. The van der Waals surface area contributed by atoms with Gasteiger partial charge in [0.2, 0.25) is 15.9 Å². The van der Waals surface area contributed by atoms with Gasteiger partial charge in [0, 0.05) is 24.5 Å². The van der Waals surface area contributed by atoms with Crippen LogP contribution in [0, 0.1) is 11.8 Å². The zero-order valence-electron chi connectivity index (χ0n) is 14.4. The van der Waals surface area contributed by atoms with E-state index in [1.165, 1.54) is 12.1 Å². The Morgan fingerprint density at radius 1 is 1.40 bits per heavy atom. The number of sulfonamides is 1. The predicted molar refractivity (Wildman–Crippen MR) is 99.0 cm³/mol. The minimum absolute atomic E-state index is 0.0416. The predicted octanol–water partition coefficient (Wildman–Crippen LogP) is 1.76. The highest BCUT2D eigenvalue weighted by molar-refractivity contribution is 7.89. The molecular formula is C17H26ClN3O3S. The molecule has 1 aliphatic heterocycles. The summed E-state index contributed by atoms with van der Waals surface area (Å²) in [6.07, 6.45) is 2.77. The monoisotopic (exact) mass is 387 g/mol. The van der Waals surface area contributed by atoms with Crippen LogP contribution in [0.3, 0.4) is 0 Å². The lowest BCUT2D eigenvalue weighted by Gasteiger charge is -2.28. The van der Waals surface area contributed by atoms with E-state index >= 15 is 0 Å². The molecule has 0 aliphatic carbocycles. The van der Waals surface area contributed by atoms with E-state index in [1.54, 1.807) is 12.1 Å². The molecule has 140 valence electrons. The molecule has 1 amide bonds. The molecule has 0 saturated carbocycles. The van der Waals surface area contributed by atoms with Crippen molar-refractivity contribution in [2.75, 3.05) is 26.2 Å². The molecule has 6 nitrogen and oxygen atoms in total. The van der Waals surface area contributed by atoms with Crippen molar-refractivity contribution in [2.45, 2.75) is 31.1 Å². The van der Waals surface area contributed by atoms with Crippen molar-refractivity contribution < 1.29 is 13.2 Å². The van der Waals surface area contributed by atoms with E-state index in [2.05, 4.69) is 22.3 Å². The lowest BCUT2D eigenvalue weighted by Crippen LogP contribution is -2.37. The van der Waals surface area contributed by atoms with E-state index in [0.717, 1.165) is 25.9 Å². The number of nitrogens with one attached hydrogen (secondary N) is 3. The van der Waals surface area contributed by atoms with Gasteiger partial charge in [0.1, 0.15) is 0 Å². The minimum atomic E-state index is -3.61. The highest BCUT2D eigenvalue weighted by Crippen LogP contribution is 2.22. The Balaban J connectivity index is 1.70. The molecular weight excluding hydrogens is 362 g/mol. The van der Waals surface area contributed by atoms with Crippen LogP contribution in [0.25, 0.3) is 0 Å². The van der Waals surface area contributed by atoms with Gasteiger partial charge >= 0.3 is 0 Å². The lowest BCUT2D eigenvalue weighted by atomic mass is 9.85. The SMILES string of the molecule is CC(CC(=O)NCCNS(=O)(=O)c1cccc(Cl)c1)C1CCCNC1. The molecule has 25 heavy (non-hydrogen) atoms.